The smallest absolute Gasteiger partial charge is 0.256 e. The molecule has 1 heterocycles. The van der Waals surface area contributed by atoms with Crippen molar-refractivity contribution in [2.24, 2.45) is 5.92 Å². The van der Waals surface area contributed by atoms with Crippen LogP contribution in [-0.4, -0.2) is 22.8 Å². The maximum absolute atomic E-state index is 12.6. The van der Waals surface area contributed by atoms with E-state index in [0.29, 0.717) is 23.7 Å². The van der Waals surface area contributed by atoms with E-state index in [0.717, 1.165) is 10.0 Å². The number of hydrogen-bond donors (Lipinski definition) is 1. The van der Waals surface area contributed by atoms with Crippen LogP contribution < -0.4 is 5.32 Å². The van der Waals surface area contributed by atoms with Gasteiger partial charge in [0.25, 0.3) is 5.91 Å². The third-order valence-corrected chi connectivity index (χ3v) is 4.56. The number of carbonyl (C=O) groups is 2. The highest BCUT2D eigenvalue weighted by Crippen LogP contribution is 2.40. The van der Waals surface area contributed by atoms with Crippen molar-refractivity contribution in [2.75, 3.05) is 5.32 Å². The number of rotatable bonds is 3. The number of nitrogens with zero attached hydrogens (tertiary/aromatic N) is 1. The van der Waals surface area contributed by atoms with E-state index in [1.807, 2.05) is 11.0 Å². The monoisotopic (exact) mass is 336 g/mol. The molecular formula is C15H17BrN2O2. The summed E-state index contributed by atoms with van der Waals surface area (Å²) in [6.45, 7) is 4.21. The lowest BCUT2D eigenvalue weighted by molar-refractivity contribution is -0.114. The SMILES string of the molecule is CC(=O)Nc1cc(Br)cc2c1C(=O)N(C(C)C1CC1)C2. The standard InChI is InChI=1S/C15H17BrN2O2/c1-8(10-3-4-10)18-7-11-5-12(16)6-13(17-9(2)19)14(11)15(18)20/h5-6,8,10H,3-4,7H2,1-2H3,(H,17,19). The van der Waals surface area contributed by atoms with Crippen molar-refractivity contribution in [3.05, 3.63) is 27.7 Å². The Morgan fingerprint density at radius 1 is 1.45 bits per heavy atom. The Labute approximate surface area is 126 Å². The van der Waals surface area contributed by atoms with Gasteiger partial charge in [-0.05, 0) is 43.4 Å². The van der Waals surface area contributed by atoms with Gasteiger partial charge >= 0.3 is 0 Å². The summed E-state index contributed by atoms with van der Waals surface area (Å²) in [5.41, 5.74) is 2.24. The molecule has 3 rings (SSSR count). The molecule has 1 aromatic rings. The third kappa shape index (κ3) is 2.35. The number of benzene rings is 1. The number of halogens is 1. The van der Waals surface area contributed by atoms with Crippen LogP contribution in [0.1, 0.15) is 42.6 Å². The maximum Gasteiger partial charge on any atom is 0.256 e. The Morgan fingerprint density at radius 3 is 2.75 bits per heavy atom. The number of carbonyl (C=O) groups excluding carboxylic acids is 2. The number of fused-ring (bicyclic) bond motifs is 1. The molecule has 0 radical (unpaired) electrons. The molecule has 1 aliphatic carbocycles. The average molecular weight is 337 g/mol. The highest BCUT2D eigenvalue weighted by atomic mass is 79.9. The van der Waals surface area contributed by atoms with Crippen LogP contribution in [0.2, 0.25) is 0 Å². The van der Waals surface area contributed by atoms with Crippen LogP contribution in [0.15, 0.2) is 16.6 Å². The van der Waals surface area contributed by atoms with E-state index in [9.17, 15) is 9.59 Å². The summed E-state index contributed by atoms with van der Waals surface area (Å²) >= 11 is 3.44. The Morgan fingerprint density at radius 2 is 2.15 bits per heavy atom. The second kappa shape index (κ2) is 4.88. The molecule has 20 heavy (non-hydrogen) atoms. The van der Waals surface area contributed by atoms with Gasteiger partial charge in [-0.1, -0.05) is 15.9 Å². The zero-order chi connectivity index (χ0) is 14.4. The van der Waals surface area contributed by atoms with Crippen molar-refractivity contribution < 1.29 is 9.59 Å². The molecule has 1 atom stereocenters. The van der Waals surface area contributed by atoms with Crippen LogP contribution in [0, 0.1) is 5.92 Å². The average Bonchev–Trinajstić information content (AvgIpc) is 3.13. The zero-order valence-corrected chi connectivity index (χ0v) is 13.2. The fourth-order valence-corrected chi connectivity index (χ4v) is 3.40. The summed E-state index contributed by atoms with van der Waals surface area (Å²) < 4.78 is 0.883. The Kier molecular flexibility index (Phi) is 3.32. The summed E-state index contributed by atoms with van der Waals surface area (Å²) in [7, 11) is 0. The van der Waals surface area contributed by atoms with Gasteiger partial charge in [-0.2, -0.15) is 0 Å². The van der Waals surface area contributed by atoms with E-state index in [4.69, 9.17) is 0 Å². The molecule has 0 saturated heterocycles. The van der Waals surface area contributed by atoms with Crippen molar-refractivity contribution in [2.45, 2.75) is 39.3 Å². The van der Waals surface area contributed by atoms with Crippen LogP contribution in [0.25, 0.3) is 0 Å². The molecule has 1 saturated carbocycles. The predicted molar refractivity (Wildman–Crippen MR) is 80.5 cm³/mol. The van der Waals surface area contributed by atoms with Crippen LogP contribution in [-0.2, 0) is 11.3 Å². The second-order valence-corrected chi connectivity index (χ2v) is 6.60. The van der Waals surface area contributed by atoms with Gasteiger partial charge < -0.3 is 10.2 Å². The molecule has 0 bridgehead atoms. The second-order valence-electron chi connectivity index (χ2n) is 5.68. The number of amides is 2. The summed E-state index contributed by atoms with van der Waals surface area (Å²) in [5, 5.41) is 2.76. The van der Waals surface area contributed by atoms with Crippen LogP contribution in [0.4, 0.5) is 5.69 Å². The van der Waals surface area contributed by atoms with Crippen molar-refractivity contribution in [3.8, 4) is 0 Å². The molecule has 2 amide bonds. The first kappa shape index (κ1) is 13.6. The first-order chi connectivity index (χ1) is 9.47. The summed E-state index contributed by atoms with van der Waals surface area (Å²) in [5.74, 6) is 0.517. The fraction of sp³-hybridized carbons (Fsp3) is 0.467. The van der Waals surface area contributed by atoms with Gasteiger partial charge in [0, 0.05) is 24.0 Å². The van der Waals surface area contributed by atoms with Crippen molar-refractivity contribution in [1.29, 1.82) is 0 Å². The van der Waals surface area contributed by atoms with E-state index in [-0.39, 0.29) is 17.9 Å². The first-order valence-electron chi connectivity index (χ1n) is 6.88. The molecule has 106 valence electrons. The van der Waals surface area contributed by atoms with E-state index in [1.165, 1.54) is 19.8 Å². The highest BCUT2D eigenvalue weighted by Gasteiger charge is 2.39. The molecule has 0 spiro atoms. The Bertz CT molecular complexity index is 596. The number of anilines is 1. The minimum atomic E-state index is -0.160. The molecule has 2 aliphatic rings. The summed E-state index contributed by atoms with van der Waals surface area (Å²) in [4.78, 5) is 25.9. The fourth-order valence-electron chi connectivity index (χ4n) is 2.89. The molecule has 1 N–H and O–H groups in total. The lowest BCUT2D eigenvalue weighted by atomic mass is 10.1. The molecule has 1 fully saturated rings. The first-order valence-corrected chi connectivity index (χ1v) is 7.67. The summed E-state index contributed by atoms with van der Waals surface area (Å²) in [6.07, 6.45) is 2.42. The highest BCUT2D eigenvalue weighted by molar-refractivity contribution is 9.10. The van der Waals surface area contributed by atoms with Crippen molar-refractivity contribution in [1.82, 2.24) is 4.90 Å². The number of hydrogen-bond acceptors (Lipinski definition) is 2. The van der Waals surface area contributed by atoms with Gasteiger partial charge in [0.1, 0.15) is 0 Å². The Hall–Kier alpha value is -1.36. The van der Waals surface area contributed by atoms with Gasteiger partial charge in [-0.3, -0.25) is 9.59 Å². The van der Waals surface area contributed by atoms with Crippen LogP contribution in [0.5, 0.6) is 0 Å². The predicted octanol–water partition coefficient (Wildman–Crippen LogP) is 3.16. The normalized spacial score (nSPS) is 18.9. The van der Waals surface area contributed by atoms with E-state index < -0.39 is 0 Å². The van der Waals surface area contributed by atoms with E-state index in [2.05, 4.69) is 28.2 Å². The minimum absolute atomic E-state index is 0.0376. The molecule has 5 heteroatoms. The molecule has 4 nitrogen and oxygen atoms in total. The molecule has 0 aromatic heterocycles. The van der Waals surface area contributed by atoms with Gasteiger partial charge in [-0.25, -0.2) is 0 Å². The largest absolute Gasteiger partial charge is 0.331 e. The molecule has 1 unspecified atom stereocenters. The van der Waals surface area contributed by atoms with E-state index in [1.54, 1.807) is 6.07 Å². The topological polar surface area (TPSA) is 49.4 Å². The van der Waals surface area contributed by atoms with Crippen molar-refractivity contribution >= 4 is 33.4 Å². The van der Waals surface area contributed by atoms with Gasteiger partial charge in [0.15, 0.2) is 0 Å². The maximum atomic E-state index is 12.6. The lowest BCUT2D eigenvalue weighted by Gasteiger charge is -2.24. The van der Waals surface area contributed by atoms with Gasteiger partial charge in [0.05, 0.1) is 11.3 Å². The van der Waals surface area contributed by atoms with Gasteiger partial charge in [-0.15, -0.1) is 0 Å². The molecular weight excluding hydrogens is 320 g/mol. The molecule has 1 aromatic carbocycles. The molecule has 1 aliphatic heterocycles. The van der Waals surface area contributed by atoms with Gasteiger partial charge in [0.2, 0.25) is 5.91 Å². The Balaban J connectivity index is 1.96. The van der Waals surface area contributed by atoms with Crippen LogP contribution in [0.3, 0.4) is 0 Å². The minimum Gasteiger partial charge on any atom is -0.331 e. The van der Waals surface area contributed by atoms with Crippen molar-refractivity contribution in [3.63, 3.8) is 0 Å². The summed E-state index contributed by atoms with van der Waals surface area (Å²) in [6, 6.07) is 4.04. The number of nitrogens with one attached hydrogen (secondary N) is 1. The third-order valence-electron chi connectivity index (χ3n) is 4.11. The van der Waals surface area contributed by atoms with E-state index >= 15 is 0 Å². The lowest BCUT2D eigenvalue weighted by Crippen LogP contribution is -2.34. The van der Waals surface area contributed by atoms with Crippen LogP contribution >= 0.6 is 15.9 Å². The quantitative estimate of drug-likeness (QED) is 0.921. The zero-order valence-electron chi connectivity index (χ0n) is 11.6.